The number of anilines is 2. The number of rotatable bonds is 8. The monoisotopic (exact) mass is 469 g/mol. The Kier molecular flexibility index (Phi) is 6.68. The van der Waals surface area contributed by atoms with E-state index in [0.717, 1.165) is 11.6 Å². The van der Waals surface area contributed by atoms with Crippen LogP contribution in [0.2, 0.25) is 0 Å². The molecule has 0 unspecified atom stereocenters. The van der Waals surface area contributed by atoms with Crippen molar-refractivity contribution in [2.75, 3.05) is 10.1 Å². The Labute approximate surface area is 189 Å². The fourth-order valence-corrected chi connectivity index (χ4v) is 4.10. The molecule has 0 saturated carbocycles. The van der Waals surface area contributed by atoms with Crippen LogP contribution in [0.25, 0.3) is 0 Å². The van der Waals surface area contributed by atoms with Gasteiger partial charge in [-0.1, -0.05) is 29.8 Å². The van der Waals surface area contributed by atoms with Crippen LogP contribution < -0.4 is 10.1 Å². The van der Waals surface area contributed by atoms with Gasteiger partial charge >= 0.3 is 0 Å². The highest BCUT2D eigenvalue weighted by molar-refractivity contribution is 7.92. The number of benzene rings is 3. The number of non-ortho nitro benzene ring substituents is 1. The van der Waals surface area contributed by atoms with Crippen molar-refractivity contribution in [1.29, 1.82) is 0 Å². The maximum absolute atomic E-state index is 12.8. The lowest BCUT2D eigenvalue weighted by Crippen LogP contribution is -2.14. The average molecular weight is 469 g/mol. The summed E-state index contributed by atoms with van der Waals surface area (Å²) in [5.41, 5.74) is 4.24. The summed E-state index contributed by atoms with van der Waals surface area (Å²) in [6.07, 6.45) is 1.25. The molecule has 0 aliphatic rings. The Morgan fingerprint density at radius 2 is 1.64 bits per heavy atom. The van der Waals surface area contributed by atoms with E-state index in [4.69, 9.17) is 0 Å². The summed E-state index contributed by atoms with van der Waals surface area (Å²) in [6, 6.07) is 14.2. The fraction of sp³-hybridized carbons (Fsp3) is 0.0952. The largest absolute Gasteiger partial charge is 0.295 e. The standard InChI is InChI=1S/C21H19N5O6S/c1-14-6-8-19(15(2)10-14)24-33(31,32)18-7-9-20(21(12-18)26(29)30)23-22-13-16-4-3-5-17(11-16)25(27)28/h3-13,23-24H,1-2H3/b22-13-. The zero-order valence-electron chi connectivity index (χ0n) is 17.6. The highest BCUT2D eigenvalue weighted by Crippen LogP contribution is 2.29. The van der Waals surface area contributed by atoms with Gasteiger partial charge in [0.1, 0.15) is 5.69 Å². The van der Waals surface area contributed by atoms with E-state index in [0.29, 0.717) is 16.8 Å². The molecular formula is C21H19N5O6S. The maximum atomic E-state index is 12.8. The number of sulfonamides is 1. The number of nitro benzene ring substituents is 2. The van der Waals surface area contributed by atoms with Crippen LogP contribution in [0.5, 0.6) is 0 Å². The quantitative estimate of drug-likeness (QED) is 0.282. The zero-order chi connectivity index (χ0) is 24.2. The SMILES string of the molecule is Cc1ccc(NS(=O)(=O)c2ccc(N/N=C\c3cccc([N+](=O)[O-])c3)c([N+](=O)[O-])c2)c(C)c1. The Morgan fingerprint density at radius 1 is 0.909 bits per heavy atom. The molecule has 0 atom stereocenters. The molecule has 3 aromatic rings. The van der Waals surface area contributed by atoms with Crippen molar-refractivity contribution in [3.05, 3.63) is 97.6 Å². The van der Waals surface area contributed by atoms with E-state index in [1.54, 1.807) is 25.1 Å². The first-order chi connectivity index (χ1) is 15.6. The number of hydrogen-bond acceptors (Lipinski definition) is 8. The van der Waals surface area contributed by atoms with Crippen molar-refractivity contribution >= 4 is 39.0 Å². The van der Waals surface area contributed by atoms with Crippen LogP contribution in [0.4, 0.5) is 22.7 Å². The molecular weight excluding hydrogens is 450 g/mol. The lowest BCUT2D eigenvalue weighted by atomic mass is 10.1. The van der Waals surface area contributed by atoms with E-state index in [9.17, 15) is 28.6 Å². The second-order valence-corrected chi connectivity index (χ2v) is 8.76. The smallest absolute Gasteiger partial charge is 0.279 e. The van der Waals surface area contributed by atoms with Crippen molar-refractivity contribution in [1.82, 2.24) is 0 Å². The number of nitrogens with zero attached hydrogens (tertiary/aromatic N) is 3. The molecule has 0 fully saturated rings. The molecule has 11 nitrogen and oxygen atoms in total. The van der Waals surface area contributed by atoms with Crippen molar-refractivity contribution in [3.63, 3.8) is 0 Å². The number of hydrogen-bond donors (Lipinski definition) is 2. The number of hydrazone groups is 1. The molecule has 0 aromatic heterocycles. The molecule has 3 aromatic carbocycles. The normalized spacial score (nSPS) is 11.3. The zero-order valence-corrected chi connectivity index (χ0v) is 18.4. The number of aryl methyl sites for hydroxylation is 2. The van der Waals surface area contributed by atoms with Gasteiger partial charge in [0.05, 0.1) is 26.6 Å². The van der Waals surface area contributed by atoms with E-state index in [2.05, 4.69) is 15.2 Å². The van der Waals surface area contributed by atoms with Gasteiger partial charge < -0.3 is 0 Å². The van der Waals surface area contributed by atoms with E-state index in [1.165, 1.54) is 36.5 Å². The second-order valence-electron chi connectivity index (χ2n) is 7.08. The van der Waals surface area contributed by atoms with Gasteiger partial charge in [0.2, 0.25) is 0 Å². The molecule has 170 valence electrons. The van der Waals surface area contributed by atoms with E-state index < -0.39 is 25.6 Å². The molecule has 0 aliphatic heterocycles. The number of nitro groups is 2. The van der Waals surface area contributed by atoms with Crippen molar-refractivity contribution in [3.8, 4) is 0 Å². The third kappa shape index (κ3) is 5.68. The van der Waals surface area contributed by atoms with Crippen molar-refractivity contribution in [2.24, 2.45) is 5.10 Å². The molecule has 0 bridgehead atoms. The first kappa shape index (κ1) is 23.3. The predicted molar refractivity (Wildman–Crippen MR) is 124 cm³/mol. The minimum atomic E-state index is -4.08. The first-order valence-corrected chi connectivity index (χ1v) is 11.0. The van der Waals surface area contributed by atoms with Gasteiger partial charge in [0, 0.05) is 23.8 Å². The molecule has 0 radical (unpaired) electrons. The van der Waals surface area contributed by atoms with E-state index in [-0.39, 0.29) is 16.3 Å². The van der Waals surface area contributed by atoms with Crippen LogP contribution in [0.1, 0.15) is 16.7 Å². The van der Waals surface area contributed by atoms with Gasteiger partial charge in [-0.05, 0) is 37.6 Å². The van der Waals surface area contributed by atoms with Crippen LogP contribution in [0.15, 0.2) is 70.7 Å². The fourth-order valence-electron chi connectivity index (χ4n) is 2.95. The summed E-state index contributed by atoms with van der Waals surface area (Å²) in [6.45, 7) is 3.63. The second kappa shape index (κ2) is 9.44. The Morgan fingerprint density at radius 3 is 2.30 bits per heavy atom. The summed E-state index contributed by atoms with van der Waals surface area (Å²) in [4.78, 5) is 20.8. The molecule has 2 N–H and O–H groups in total. The van der Waals surface area contributed by atoms with E-state index >= 15 is 0 Å². The van der Waals surface area contributed by atoms with Gasteiger partial charge in [0.15, 0.2) is 0 Å². The highest BCUT2D eigenvalue weighted by Gasteiger charge is 2.22. The van der Waals surface area contributed by atoms with Crippen LogP contribution in [0, 0.1) is 34.1 Å². The van der Waals surface area contributed by atoms with Gasteiger partial charge in [-0.2, -0.15) is 5.10 Å². The topological polar surface area (TPSA) is 157 Å². The summed E-state index contributed by atoms with van der Waals surface area (Å²) in [5.74, 6) is 0. The van der Waals surface area contributed by atoms with Crippen molar-refractivity contribution in [2.45, 2.75) is 18.7 Å². The molecule has 0 heterocycles. The van der Waals surface area contributed by atoms with Crippen LogP contribution >= 0.6 is 0 Å². The van der Waals surface area contributed by atoms with Gasteiger partial charge in [-0.3, -0.25) is 30.4 Å². The summed E-state index contributed by atoms with van der Waals surface area (Å²) < 4.78 is 28.0. The third-order valence-corrected chi connectivity index (χ3v) is 5.95. The summed E-state index contributed by atoms with van der Waals surface area (Å²) in [7, 11) is -4.08. The Balaban J connectivity index is 1.85. The summed E-state index contributed by atoms with van der Waals surface area (Å²) in [5, 5.41) is 26.2. The Bertz CT molecular complexity index is 1370. The molecule has 0 amide bonds. The molecule has 12 heteroatoms. The Hall–Kier alpha value is -4.32. The van der Waals surface area contributed by atoms with Gasteiger partial charge in [-0.25, -0.2) is 8.42 Å². The van der Waals surface area contributed by atoms with Crippen LogP contribution in [-0.2, 0) is 10.0 Å². The van der Waals surface area contributed by atoms with Gasteiger partial charge in [-0.15, -0.1) is 0 Å². The molecule has 0 aliphatic carbocycles. The van der Waals surface area contributed by atoms with Crippen molar-refractivity contribution < 1.29 is 18.3 Å². The van der Waals surface area contributed by atoms with Crippen LogP contribution in [-0.4, -0.2) is 24.5 Å². The maximum Gasteiger partial charge on any atom is 0.295 e. The minimum absolute atomic E-state index is 0.0489. The van der Waals surface area contributed by atoms with Crippen LogP contribution in [0.3, 0.4) is 0 Å². The molecule has 3 rings (SSSR count). The lowest BCUT2D eigenvalue weighted by molar-refractivity contribution is -0.384. The summed E-state index contributed by atoms with van der Waals surface area (Å²) >= 11 is 0. The first-order valence-electron chi connectivity index (χ1n) is 9.49. The molecule has 33 heavy (non-hydrogen) atoms. The minimum Gasteiger partial charge on any atom is -0.279 e. The molecule has 0 saturated heterocycles. The number of nitrogens with one attached hydrogen (secondary N) is 2. The lowest BCUT2D eigenvalue weighted by Gasteiger charge is -2.12. The average Bonchev–Trinajstić information content (AvgIpc) is 2.76. The third-order valence-electron chi connectivity index (χ3n) is 4.58. The highest BCUT2D eigenvalue weighted by atomic mass is 32.2. The van der Waals surface area contributed by atoms with Gasteiger partial charge in [0.25, 0.3) is 21.4 Å². The predicted octanol–water partition coefficient (Wildman–Crippen LogP) is 4.37. The van der Waals surface area contributed by atoms with E-state index in [1.807, 2.05) is 13.0 Å². The molecule has 0 spiro atoms.